The van der Waals surface area contributed by atoms with E-state index >= 15 is 0 Å². The molecule has 1 aliphatic carbocycles. The van der Waals surface area contributed by atoms with Crippen LogP contribution in [0, 0.1) is 5.41 Å². The van der Waals surface area contributed by atoms with Gasteiger partial charge < -0.3 is 9.47 Å². The van der Waals surface area contributed by atoms with E-state index in [9.17, 15) is 18.4 Å². The number of alkyl halides is 2. The van der Waals surface area contributed by atoms with Crippen molar-refractivity contribution in [3.8, 4) is 0 Å². The Hall–Kier alpha value is -1.99. The molecule has 0 N–H and O–H groups in total. The Morgan fingerprint density at radius 3 is 2.52 bits per heavy atom. The Labute approximate surface area is 158 Å². The van der Waals surface area contributed by atoms with Gasteiger partial charge in [0.15, 0.2) is 0 Å². The number of rotatable bonds is 8. The summed E-state index contributed by atoms with van der Waals surface area (Å²) in [5.41, 5.74) is -1.19. The van der Waals surface area contributed by atoms with Crippen molar-refractivity contribution in [2.24, 2.45) is 5.41 Å². The number of nitrogens with zero attached hydrogens (tertiary/aromatic N) is 2. The van der Waals surface area contributed by atoms with Crippen LogP contribution in [-0.4, -0.2) is 34.9 Å². The first kappa shape index (κ1) is 21.3. The normalized spacial score (nSPS) is 22.7. The van der Waals surface area contributed by atoms with Crippen LogP contribution in [0.25, 0.3) is 0 Å². The molecule has 0 spiro atoms. The van der Waals surface area contributed by atoms with Crippen LogP contribution in [0.1, 0.15) is 87.8 Å². The lowest BCUT2D eigenvalue weighted by Gasteiger charge is -2.35. The lowest BCUT2D eigenvalue weighted by Crippen LogP contribution is -2.35. The Balaban J connectivity index is 2.13. The molecule has 0 aliphatic heterocycles. The fourth-order valence-corrected chi connectivity index (χ4v) is 3.42. The summed E-state index contributed by atoms with van der Waals surface area (Å²) in [6.07, 6.45) is 1.93. The van der Waals surface area contributed by atoms with E-state index in [1.807, 2.05) is 13.8 Å². The van der Waals surface area contributed by atoms with Gasteiger partial charge in [-0.1, -0.05) is 13.3 Å². The maximum atomic E-state index is 13.7. The molecule has 8 heteroatoms. The summed E-state index contributed by atoms with van der Waals surface area (Å²) in [5, 5.41) is 4.06. The summed E-state index contributed by atoms with van der Waals surface area (Å²) >= 11 is 0. The third-order valence-corrected chi connectivity index (χ3v) is 5.16. The van der Waals surface area contributed by atoms with Crippen LogP contribution in [0.2, 0.25) is 0 Å². The molecule has 1 saturated carbocycles. The molecule has 152 valence electrons. The van der Waals surface area contributed by atoms with Gasteiger partial charge in [-0.25, -0.2) is 13.6 Å². The van der Waals surface area contributed by atoms with E-state index in [0.29, 0.717) is 38.7 Å². The van der Waals surface area contributed by atoms with Gasteiger partial charge >= 0.3 is 11.9 Å². The van der Waals surface area contributed by atoms with Crippen LogP contribution in [-0.2, 0) is 14.3 Å². The number of hydrogen-bond donors (Lipinski definition) is 0. The van der Waals surface area contributed by atoms with Gasteiger partial charge in [0.05, 0.1) is 30.9 Å². The zero-order chi connectivity index (χ0) is 20.0. The monoisotopic (exact) mass is 386 g/mol. The van der Waals surface area contributed by atoms with Gasteiger partial charge in [0.2, 0.25) is 0 Å². The molecule has 1 fully saturated rings. The summed E-state index contributed by atoms with van der Waals surface area (Å²) in [7, 11) is 0. The first-order valence-electron chi connectivity index (χ1n) is 9.54. The molecule has 0 saturated heterocycles. The molecule has 1 aromatic heterocycles. The lowest BCUT2D eigenvalue weighted by molar-refractivity contribution is -0.156. The highest BCUT2D eigenvalue weighted by Crippen LogP contribution is 2.42. The van der Waals surface area contributed by atoms with Crippen molar-refractivity contribution >= 4 is 11.9 Å². The van der Waals surface area contributed by atoms with E-state index in [1.54, 1.807) is 6.92 Å². The van der Waals surface area contributed by atoms with Gasteiger partial charge in [-0.2, -0.15) is 5.10 Å². The fraction of sp³-hybridized carbons (Fsp3) is 0.737. The second kappa shape index (κ2) is 9.28. The number of hydrogen-bond acceptors (Lipinski definition) is 5. The highest BCUT2D eigenvalue weighted by atomic mass is 19.3. The fourth-order valence-electron chi connectivity index (χ4n) is 3.42. The van der Waals surface area contributed by atoms with Crippen LogP contribution < -0.4 is 0 Å². The molecule has 0 unspecified atom stereocenters. The van der Waals surface area contributed by atoms with Crippen molar-refractivity contribution in [2.75, 3.05) is 13.2 Å². The molecule has 0 bridgehead atoms. The minimum Gasteiger partial charge on any atom is -0.466 e. The largest absolute Gasteiger partial charge is 0.466 e. The molecule has 0 amide bonds. The van der Waals surface area contributed by atoms with E-state index in [-0.39, 0.29) is 24.2 Å². The van der Waals surface area contributed by atoms with E-state index in [2.05, 4.69) is 5.10 Å². The van der Waals surface area contributed by atoms with Gasteiger partial charge in [0.1, 0.15) is 11.3 Å². The van der Waals surface area contributed by atoms with Crippen LogP contribution >= 0.6 is 0 Å². The Morgan fingerprint density at radius 1 is 1.30 bits per heavy atom. The third-order valence-electron chi connectivity index (χ3n) is 5.16. The highest BCUT2D eigenvalue weighted by molar-refractivity contribution is 5.90. The molecule has 0 atom stereocenters. The third kappa shape index (κ3) is 4.84. The topological polar surface area (TPSA) is 70.4 Å². The summed E-state index contributed by atoms with van der Waals surface area (Å²) in [4.78, 5) is 24.3. The minimum absolute atomic E-state index is 0.181. The Morgan fingerprint density at radius 2 is 1.96 bits per heavy atom. The van der Waals surface area contributed by atoms with Crippen molar-refractivity contribution in [3.63, 3.8) is 0 Å². The smallest absolute Gasteiger partial charge is 0.341 e. The number of carbonyl (C=O) groups excluding carboxylic acids is 2. The zero-order valence-corrected chi connectivity index (χ0v) is 16.2. The summed E-state index contributed by atoms with van der Waals surface area (Å²) in [5.74, 6) is -1.02. The number of ether oxygens (including phenoxy) is 2. The second-order valence-electron chi connectivity index (χ2n) is 7.19. The standard InChI is InChI=1S/C19H28F2N2O4/c1-4-6-11-27-17(24)14-12-22-23(15(14)16(20)21)13-7-9-19(3,10-8-13)18(25)26-5-2/h12-13,16H,4-11H2,1-3H3. The number of unbranched alkanes of at least 4 members (excludes halogenated alkanes) is 1. The number of esters is 2. The number of aromatic nitrogens is 2. The SMILES string of the molecule is CCCCOC(=O)c1cnn(C2CCC(C)(C(=O)OCC)CC2)c1C(F)F. The summed E-state index contributed by atoms with van der Waals surface area (Å²) < 4.78 is 38.8. The maximum absolute atomic E-state index is 13.7. The van der Waals surface area contributed by atoms with Crippen molar-refractivity contribution < 1.29 is 27.8 Å². The quantitative estimate of drug-likeness (QED) is 0.487. The molecule has 1 aromatic rings. The van der Waals surface area contributed by atoms with Crippen molar-refractivity contribution in [1.82, 2.24) is 9.78 Å². The van der Waals surface area contributed by atoms with Gasteiger partial charge in [-0.05, 0) is 46.0 Å². The second-order valence-corrected chi connectivity index (χ2v) is 7.19. The molecule has 6 nitrogen and oxygen atoms in total. The predicted octanol–water partition coefficient (Wildman–Crippen LogP) is 4.46. The molecule has 1 heterocycles. The zero-order valence-electron chi connectivity index (χ0n) is 16.2. The number of halogens is 2. The summed E-state index contributed by atoms with van der Waals surface area (Å²) in [6, 6.07) is -0.284. The molecule has 0 aromatic carbocycles. The van der Waals surface area contributed by atoms with Gasteiger partial charge in [-0.15, -0.1) is 0 Å². The van der Waals surface area contributed by atoms with Crippen LogP contribution in [0.4, 0.5) is 8.78 Å². The highest BCUT2D eigenvalue weighted by Gasteiger charge is 2.40. The van der Waals surface area contributed by atoms with E-state index in [4.69, 9.17) is 9.47 Å². The van der Waals surface area contributed by atoms with E-state index in [0.717, 1.165) is 12.6 Å². The van der Waals surface area contributed by atoms with Crippen LogP contribution in [0.3, 0.4) is 0 Å². The average Bonchev–Trinajstić information content (AvgIpc) is 3.08. The minimum atomic E-state index is -2.83. The Kier molecular flexibility index (Phi) is 7.33. The van der Waals surface area contributed by atoms with Crippen molar-refractivity contribution in [2.45, 2.75) is 71.8 Å². The predicted molar refractivity (Wildman–Crippen MR) is 94.6 cm³/mol. The molecular formula is C19H28F2N2O4. The molecule has 0 radical (unpaired) electrons. The summed E-state index contributed by atoms with van der Waals surface area (Å²) in [6.45, 7) is 6.06. The van der Waals surface area contributed by atoms with Crippen molar-refractivity contribution in [3.05, 3.63) is 17.5 Å². The Bertz CT molecular complexity index is 652. The molecule has 2 rings (SSSR count). The van der Waals surface area contributed by atoms with Crippen molar-refractivity contribution in [1.29, 1.82) is 0 Å². The molecule has 1 aliphatic rings. The lowest BCUT2D eigenvalue weighted by atomic mass is 9.74. The number of carbonyl (C=O) groups is 2. The van der Waals surface area contributed by atoms with Gasteiger partial charge in [-0.3, -0.25) is 9.48 Å². The first-order valence-corrected chi connectivity index (χ1v) is 9.54. The van der Waals surface area contributed by atoms with Crippen LogP contribution in [0.5, 0.6) is 0 Å². The maximum Gasteiger partial charge on any atom is 0.341 e. The molecular weight excluding hydrogens is 358 g/mol. The van der Waals surface area contributed by atoms with Crippen LogP contribution in [0.15, 0.2) is 6.20 Å². The van der Waals surface area contributed by atoms with E-state index in [1.165, 1.54) is 4.68 Å². The van der Waals surface area contributed by atoms with E-state index < -0.39 is 23.5 Å². The average molecular weight is 386 g/mol. The van der Waals surface area contributed by atoms with Gasteiger partial charge in [0.25, 0.3) is 6.43 Å². The van der Waals surface area contributed by atoms with Gasteiger partial charge in [0, 0.05) is 0 Å². The first-order chi connectivity index (χ1) is 12.8. The molecule has 27 heavy (non-hydrogen) atoms.